The van der Waals surface area contributed by atoms with E-state index in [2.05, 4.69) is 27.8 Å². The van der Waals surface area contributed by atoms with Crippen LogP contribution in [0, 0.1) is 5.82 Å². The molecule has 1 aromatic carbocycles. The van der Waals surface area contributed by atoms with Gasteiger partial charge in [0.1, 0.15) is 5.82 Å². The lowest BCUT2D eigenvalue weighted by molar-refractivity contribution is -0.119. The fraction of sp³-hybridized carbons (Fsp3) is 0.400. The zero-order valence-electron chi connectivity index (χ0n) is 13.0. The van der Waals surface area contributed by atoms with Crippen LogP contribution in [0.3, 0.4) is 0 Å². The minimum absolute atomic E-state index is 0.000747. The third kappa shape index (κ3) is 6.15. The standard InChI is InChI=1S/C15H19FN4OS2/c1-3-4-10(2)17-13(21)9-22-15-20-19-14(23-15)18-12-7-5-11(16)6-8-12/h5-8,10H,3-4,9H2,1-2H3,(H,17,21)(H,18,19). The van der Waals surface area contributed by atoms with Crippen molar-refractivity contribution >= 4 is 39.8 Å². The van der Waals surface area contributed by atoms with Crippen molar-refractivity contribution in [3.63, 3.8) is 0 Å². The number of nitrogens with zero attached hydrogens (tertiary/aromatic N) is 2. The van der Waals surface area contributed by atoms with Gasteiger partial charge in [-0.3, -0.25) is 4.79 Å². The molecule has 0 aliphatic carbocycles. The summed E-state index contributed by atoms with van der Waals surface area (Å²) >= 11 is 2.71. The molecule has 23 heavy (non-hydrogen) atoms. The van der Waals surface area contributed by atoms with Gasteiger partial charge < -0.3 is 10.6 Å². The zero-order chi connectivity index (χ0) is 16.7. The molecule has 0 saturated heterocycles. The summed E-state index contributed by atoms with van der Waals surface area (Å²) in [6.45, 7) is 4.09. The lowest BCUT2D eigenvalue weighted by atomic mass is 10.2. The highest BCUT2D eigenvalue weighted by Gasteiger charge is 2.10. The van der Waals surface area contributed by atoms with E-state index in [-0.39, 0.29) is 17.8 Å². The number of rotatable bonds is 8. The van der Waals surface area contributed by atoms with Gasteiger partial charge in [0.25, 0.3) is 0 Å². The van der Waals surface area contributed by atoms with Crippen molar-refractivity contribution < 1.29 is 9.18 Å². The summed E-state index contributed by atoms with van der Waals surface area (Å²) in [5.41, 5.74) is 0.741. The second-order valence-corrected chi connectivity index (χ2v) is 7.25. The van der Waals surface area contributed by atoms with Crippen LogP contribution in [0.5, 0.6) is 0 Å². The van der Waals surface area contributed by atoms with Gasteiger partial charge in [-0.15, -0.1) is 10.2 Å². The Kier molecular flexibility index (Phi) is 6.79. The number of hydrogen-bond donors (Lipinski definition) is 2. The van der Waals surface area contributed by atoms with E-state index < -0.39 is 0 Å². The molecule has 2 rings (SSSR count). The third-order valence-corrected chi connectivity index (χ3v) is 4.93. The van der Waals surface area contributed by atoms with Gasteiger partial charge in [-0.25, -0.2) is 4.39 Å². The molecule has 0 aliphatic rings. The average molecular weight is 354 g/mol. The normalized spacial score (nSPS) is 12.0. The Morgan fingerprint density at radius 3 is 2.78 bits per heavy atom. The molecule has 0 radical (unpaired) electrons. The van der Waals surface area contributed by atoms with Crippen LogP contribution >= 0.6 is 23.1 Å². The van der Waals surface area contributed by atoms with E-state index in [1.807, 2.05) is 6.92 Å². The predicted molar refractivity (Wildman–Crippen MR) is 92.8 cm³/mol. The first-order chi connectivity index (χ1) is 11.1. The fourth-order valence-electron chi connectivity index (χ4n) is 1.92. The van der Waals surface area contributed by atoms with Gasteiger partial charge in [-0.2, -0.15) is 0 Å². The third-order valence-electron chi connectivity index (χ3n) is 2.96. The summed E-state index contributed by atoms with van der Waals surface area (Å²) in [4.78, 5) is 11.8. The molecular formula is C15H19FN4OS2. The van der Waals surface area contributed by atoms with Gasteiger partial charge in [-0.1, -0.05) is 36.4 Å². The van der Waals surface area contributed by atoms with Crippen molar-refractivity contribution in [1.82, 2.24) is 15.5 Å². The van der Waals surface area contributed by atoms with Crippen LogP contribution in [0.1, 0.15) is 26.7 Å². The van der Waals surface area contributed by atoms with Crippen LogP contribution in [0.4, 0.5) is 15.2 Å². The monoisotopic (exact) mass is 354 g/mol. The lowest BCUT2D eigenvalue weighted by Crippen LogP contribution is -2.33. The van der Waals surface area contributed by atoms with Crippen LogP contribution in [-0.4, -0.2) is 27.9 Å². The smallest absolute Gasteiger partial charge is 0.230 e. The van der Waals surface area contributed by atoms with Crippen LogP contribution in [0.2, 0.25) is 0 Å². The van der Waals surface area contributed by atoms with E-state index in [0.717, 1.165) is 18.5 Å². The molecule has 1 atom stereocenters. The van der Waals surface area contributed by atoms with Gasteiger partial charge in [0.05, 0.1) is 5.75 Å². The summed E-state index contributed by atoms with van der Waals surface area (Å²) < 4.78 is 13.6. The lowest BCUT2D eigenvalue weighted by Gasteiger charge is -2.11. The highest BCUT2D eigenvalue weighted by Crippen LogP contribution is 2.27. The number of thioether (sulfide) groups is 1. The molecule has 0 saturated carbocycles. The summed E-state index contributed by atoms with van der Waals surface area (Å²) in [6, 6.07) is 6.21. The molecule has 1 aromatic heterocycles. The van der Waals surface area contributed by atoms with Crippen LogP contribution < -0.4 is 10.6 Å². The molecule has 0 bridgehead atoms. The first kappa shape index (κ1) is 17.7. The van der Waals surface area contributed by atoms with E-state index in [1.54, 1.807) is 12.1 Å². The minimum atomic E-state index is -0.285. The Hall–Kier alpha value is -1.67. The number of halogens is 1. The van der Waals surface area contributed by atoms with Crippen molar-refractivity contribution in [3.8, 4) is 0 Å². The number of carbonyl (C=O) groups excluding carboxylic acids is 1. The zero-order valence-corrected chi connectivity index (χ0v) is 14.6. The average Bonchev–Trinajstić information content (AvgIpc) is 2.95. The molecule has 2 N–H and O–H groups in total. The summed E-state index contributed by atoms with van der Waals surface area (Å²) in [5.74, 6) is 0.0331. The SMILES string of the molecule is CCCC(C)NC(=O)CSc1nnc(Nc2ccc(F)cc2)s1. The quantitative estimate of drug-likeness (QED) is 0.706. The Balaban J connectivity index is 1.80. The molecule has 8 heteroatoms. The first-order valence-electron chi connectivity index (χ1n) is 7.35. The molecule has 5 nitrogen and oxygen atoms in total. The van der Waals surface area contributed by atoms with Gasteiger partial charge in [0.2, 0.25) is 11.0 Å². The Labute approximate surface area is 143 Å². The summed E-state index contributed by atoms with van der Waals surface area (Å²) in [7, 11) is 0. The van der Waals surface area contributed by atoms with Crippen molar-refractivity contribution in [2.75, 3.05) is 11.1 Å². The van der Waals surface area contributed by atoms with Crippen molar-refractivity contribution in [3.05, 3.63) is 30.1 Å². The summed E-state index contributed by atoms with van der Waals surface area (Å²) in [6.07, 6.45) is 2.02. The van der Waals surface area contributed by atoms with Crippen LogP contribution in [0.25, 0.3) is 0 Å². The van der Waals surface area contributed by atoms with E-state index in [0.29, 0.717) is 15.2 Å². The first-order valence-corrected chi connectivity index (χ1v) is 9.15. The molecule has 1 heterocycles. The molecule has 0 fully saturated rings. The number of benzene rings is 1. The van der Waals surface area contributed by atoms with Crippen LogP contribution in [-0.2, 0) is 4.79 Å². The number of hydrogen-bond acceptors (Lipinski definition) is 6. The second-order valence-electron chi connectivity index (χ2n) is 5.05. The van der Waals surface area contributed by atoms with E-state index in [4.69, 9.17) is 0 Å². The Morgan fingerprint density at radius 1 is 1.35 bits per heavy atom. The van der Waals surface area contributed by atoms with Gasteiger partial charge in [-0.05, 0) is 37.6 Å². The van der Waals surface area contributed by atoms with E-state index >= 15 is 0 Å². The molecular weight excluding hydrogens is 335 g/mol. The topological polar surface area (TPSA) is 66.9 Å². The molecule has 2 aromatic rings. The van der Waals surface area contributed by atoms with Crippen molar-refractivity contribution in [1.29, 1.82) is 0 Å². The number of carbonyl (C=O) groups is 1. The molecule has 0 aliphatic heterocycles. The maximum absolute atomic E-state index is 12.8. The van der Waals surface area contributed by atoms with Crippen molar-refractivity contribution in [2.45, 2.75) is 37.1 Å². The molecule has 124 valence electrons. The van der Waals surface area contributed by atoms with Gasteiger partial charge in [0.15, 0.2) is 4.34 Å². The van der Waals surface area contributed by atoms with Crippen molar-refractivity contribution in [2.24, 2.45) is 0 Å². The van der Waals surface area contributed by atoms with E-state index in [9.17, 15) is 9.18 Å². The maximum Gasteiger partial charge on any atom is 0.230 e. The highest BCUT2D eigenvalue weighted by atomic mass is 32.2. The molecule has 1 unspecified atom stereocenters. The Morgan fingerprint density at radius 2 is 2.09 bits per heavy atom. The predicted octanol–water partition coefficient (Wildman–Crippen LogP) is 3.82. The number of anilines is 2. The number of aromatic nitrogens is 2. The fourth-order valence-corrected chi connectivity index (χ4v) is 3.51. The van der Waals surface area contributed by atoms with Crippen LogP contribution in [0.15, 0.2) is 28.6 Å². The van der Waals surface area contributed by atoms with Gasteiger partial charge in [0, 0.05) is 11.7 Å². The number of nitrogens with one attached hydrogen (secondary N) is 2. The summed E-state index contributed by atoms with van der Waals surface area (Å²) in [5, 5.41) is 14.7. The largest absolute Gasteiger partial charge is 0.353 e. The highest BCUT2D eigenvalue weighted by molar-refractivity contribution is 8.01. The Bertz CT molecular complexity index is 633. The maximum atomic E-state index is 12.8. The minimum Gasteiger partial charge on any atom is -0.353 e. The van der Waals surface area contributed by atoms with E-state index in [1.165, 1.54) is 35.2 Å². The van der Waals surface area contributed by atoms with Gasteiger partial charge >= 0.3 is 0 Å². The molecule has 0 spiro atoms. The molecule has 1 amide bonds. The number of amides is 1. The second kappa shape index (κ2) is 8.83.